The summed E-state index contributed by atoms with van der Waals surface area (Å²) in [6, 6.07) is 40.4. The molecule has 0 saturated heterocycles. The number of rotatable bonds is 5. The molecule has 6 nitrogen and oxygen atoms in total. The summed E-state index contributed by atoms with van der Waals surface area (Å²) in [5.41, 5.74) is 10.8. The molecule has 1 aliphatic rings. The Morgan fingerprint density at radius 2 is 1.22 bits per heavy atom. The van der Waals surface area contributed by atoms with Crippen LogP contribution in [0, 0.1) is 6.57 Å². The van der Waals surface area contributed by atoms with Gasteiger partial charge in [-0.25, -0.2) is 9.83 Å². The standard InChI is InChI=1S/C49H49N5O/c1-47(2,3)32-22-23-51-46(27-32)54-41-19-12-11-18-38(41)39-29-40(50-10)45(30-44(39)54)55-37-17-15-16-35(28-37)52-31-53(43-21-14-13-20-42(43)52)36-25-33(48(4,5)6)24-34(26-36)49(7,8)9/h11-30H,31H2,1-9H3. The second-order valence-electron chi connectivity index (χ2n) is 17.8. The van der Waals surface area contributed by atoms with Crippen molar-refractivity contribution >= 4 is 50.2 Å². The van der Waals surface area contributed by atoms with Crippen LogP contribution in [0.4, 0.5) is 28.4 Å². The number of hydrogen-bond donors (Lipinski definition) is 0. The van der Waals surface area contributed by atoms with E-state index in [0.717, 1.165) is 44.7 Å². The van der Waals surface area contributed by atoms with Gasteiger partial charge in [0.1, 0.15) is 24.0 Å². The maximum absolute atomic E-state index is 8.18. The molecule has 0 amide bonds. The van der Waals surface area contributed by atoms with Gasteiger partial charge in [-0.15, -0.1) is 0 Å². The highest BCUT2D eigenvalue weighted by atomic mass is 16.5. The number of nitrogens with zero attached hydrogens (tertiary/aromatic N) is 5. The Bertz CT molecular complexity index is 2610. The van der Waals surface area contributed by atoms with Crippen molar-refractivity contribution in [3.8, 4) is 17.3 Å². The van der Waals surface area contributed by atoms with Crippen LogP contribution in [0.2, 0.25) is 0 Å². The first kappa shape index (κ1) is 35.9. The Labute approximate surface area is 325 Å². The van der Waals surface area contributed by atoms with Gasteiger partial charge in [-0.05, 0) is 105 Å². The Hall–Kier alpha value is -6.06. The van der Waals surface area contributed by atoms with Gasteiger partial charge in [0.25, 0.3) is 0 Å². The number of pyridine rings is 1. The summed E-state index contributed by atoms with van der Waals surface area (Å²) in [5.74, 6) is 2.01. The molecule has 55 heavy (non-hydrogen) atoms. The lowest BCUT2D eigenvalue weighted by atomic mass is 9.80. The highest BCUT2D eigenvalue weighted by Gasteiger charge is 2.30. The minimum Gasteiger partial charge on any atom is -0.468 e. The van der Waals surface area contributed by atoms with E-state index in [0.29, 0.717) is 23.9 Å². The van der Waals surface area contributed by atoms with E-state index in [-0.39, 0.29) is 16.2 Å². The third-order valence-corrected chi connectivity index (χ3v) is 10.8. The zero-order chi connectivity index (χ0) is 38.9. The molecule has 0 aliphatic carbocycles. The smallest absolute Gasteiger partial charge is 0.229 e. The molecule has 0 atom stereocenters. The van der Waals surface area contributed by atoms with Crippen molar-refractivity contribution in [1.82, 2.24) is 9.55 Å². The van der Waals surface area contributed by atoms with E-state index in [2.05, 4.69) is 160 Å². The molecule has 1 aliphatic heterocycles. The third-order valence-electron chi connectivity index (χ3n) is 10.8. The molecule has 0 fully saturated rings. The first-order valence-electron chi connectivity index (χ1n) is 19.1. The first-order chi connectivity index (χ1) is 26.1. The molecule has 8 rings (SSSR count). The number of para-hydroxylation sites is 3. The molecule has 2 aromatic heterocycles. The third kappa shape index (κ3) is 6.59. The Morgan fingerprint density at radius 3 is 1.87 bits per heavy atom. The molecular weight excluding hydrogens is 675 g/mol. The summed E-state index contributed by atoms with van der Waals surface area (Å²) in [6.07, 6.45) is 1.88. The van der Waals surface area contributed by atoms with Crippen LogP contribution in [0.3, 0.4) is 0 Å². The summed E-state index contributed by atoms with van der Waals surface area (Å²) in [5, 5.41) is 2.06. The molecule has 5 aromatic carbocycles. The molecular formula is C49H49N5O. The Kier molecular flexibility index (Phi) is 8.53. The topological polar surface area (TPSA) is 37.9 Å². The van der Waals surface area contributed by atoms with E-state index in [1.807, 2.05) is 42.6 Å². The van der Waals surface area contributed by atoms with Gasteiger partial charge in [0, 0.05) is 29.0 Å². The minimum absolute atomic E-state index is 0.00908. The van der Waals surface area contributed by atoms with Gasteiger partial charge in [-0.2, -0.15) is 0 Å². The van der Waals surface area contributed by atoms with E-state index in [4.69, 9.17) is 16.3 Å². The van der Waals surface area contributed by atoms with Gasteiger partial charge < -0.3 is 14.5 Å². The van der Waals surface area contributed by atoms with Gasteiger partial charge >= 0.3 is 0 Å². The maximum Gasteiger partial charge on any atom is 0.229 e. The lowest BCUT2D eigenvalue weighted by Crippen LogP contribution is -2.25. The van der Waals surface area contributed by atoms with Crippen molar-refractivity contribution in [2.24, 2.45) is 0 Å². The Morgan fingerprint density at radius 1 is 0.582 bits per heavy atom. The predicted octanol–water partition coefficient (Wildman–Crippen LogP) is 13.7. The average Bonchev–Trinajstić information content (AvgIpc) is 3.69. The lowest BCUT2D eigenvalue weighted by Gasteiger charge is -2.29. The summed E-state index contributed by atoms with van der Waals surface area (Å²) in [7, 11) is 0. The van der Waals surface area contributed by atoms with Crippen molar-refractivity contribution in [2.75, 3.05) is 16.5 Å². The van der Waals surface area contributed by atoms with Gasteiger partial charge in [0.05, 0.1) is 29.0 Å². The van der Waals surface area contributed by atoms with Crippen LogP contribution in [0.1, 0.15) is 79.0 Å². The SMILES string of the molecule is [C-]#[N+]c1cc2c3ccccc3n(-c3cc(C(C)(C)C)ccn3)c2cc1Oc1cccc(N2CN(c3cc(C(C)(C)C)cc(C(C)(C)C)c3)c3ccccc32)c1. The number of hydrogen-bond acceptors (Lipinski definition) is 4. The second kappa shape index (κ2) is 13.1. The van der Waals surface area contributed by atoms with Gasteiger partial charge in [-0.1, -0.05) is 105 Å². The van der Waals surface area contributed by atoms with Crippen molar-refractivity contribution in [1.29, 1.82) is 0 Å². The predicted molar refractivity (Wildman–Crippen MR) is 229 cm³/mol. The molecule has 0 bridgehead atoms. The van der Waals surface area contributed by atoms with Crippen LogP contribution in [-0.4, -0.2) is 16.2 Å². The highest BCUT2D eigenvalue weighted by Crippen LogP contribution is 2.47. The summed E-state index contributed by atoms with van der Waals surface area (Å²) >= 11 is 0. The molecule has 0 unspecified atom stereocenters. The van der Waals surface area contributed by atoms with E-state index in [1.165, 1.54) is 22.4 Å². The molecule has 6 heteroatoms. The van der Waals surface area contributed by atoms with Gasteiger partial charge in [0.2, 0.25) is 5.69 Å². The van der Waals surface area contributed by atoms with Crippen LogP contribution < -0.4 is 14.5 Å². The molecule has 7 aromatic rings. The quantitative estimate of drug-likeness (QED) is 0.166. The highest BCUT2D eigenvalue weighted by molar-refractivity contribution is 6.11. The van der Waals surface area contributed by atoms with Crippen LogP contribution in [-0.2, 0) is 16.2 Å². The van der Waals surface area contributed by atoms with E-state index in [1.54, 1.807) is 0 Å². The fraction of sp³-hybridized carbons (Fsp3) is 0.265. The maximum atomic E-state index is 8.18. The molecule has 0 saturated carbocycles. The zero-order valence-corrected chi connectivity index (χ0v) is 33.4. The second-order valence-corrected chi connectivity index (χ2v) is 17.8. The average molecular weight is 724 g/mol. The number of benzene rings is 5. The zero-order valence-electron chi connectivity index (χ0n) is 33.4. The van der Waals surface area contributed by atoms with Crippen molar-refractivity contribution in [2.45, 2.75) is 78.6 Å². The largest absolute Gasteiger partial charge is 0.468 e. The molecule has 0 spiro atoms. The number of anilines is 4. The molecule has 0 radical (unpaired) electrons. The van der Waals surface area contributed by atoms with Gasteiger partial charge in [-0.3, -0.25) is 4.57 Å². The van der Waals surface area contributed by atoms with Crippen molar-refractivity contribution in [3.63, 3.8) is 0 Å². The van der Waals surface area contributed by atoms with Crippen molar-refractivity contribution < 1.29 is 4.74 Å². The first-order valence-corrected chi connectivity index (χ1v) is 19.1. The molecule has 3 heterocycles. The number of aromatic nitrogens is 2. The molecule has 0 N–H and O–H groups in total. The van der Waals surface area contributed by atoms with E-state index < -0.39 is 0 Å². The fourth-order valence-corrected chi connectivity index (χ4v) is 7.54. The fourth-order valence-electron chi connectivity index (χ4n) is 7.54. The number of fused-ring (bicyclic) bond motifs is 4. The van der Waals surface area contributed by atoms with Crippen LogP contribution in [0.5, 0.6) is 11.5 Å². The van der Waals surface area contributed by atoms with Crippen LogP contribution >= 0.6 is 0 Å². The van der Waals surface area contributed by atoms with Crippen LogP contribution in [0.25, 0.3) is 32.5 Å². The van der Waals surface area contributed by atoms with Crippen LogP contribution in [0.15, 0.2) is 121 Å². The normalized spacial score (nSPS) is 13.4. The van der Waals surface area contributed by atoms with Gasteiger partial charge in [0.15, 0.2) is 0 Å². The van der Waals surface area contributed by atoms with Crippen molar-refractivity contribution in [3.05, 3.63) is 150 Å². The lowest BCUT2D eigenvalue weighted by molar-refractivity contribution is 0.486. The van der Waals surface area contributed by atoms with E-state index in [9.17, 15) is 0 Å². The number of ether oxygens (including phenoxy) is 1. The monoisotopic (exact) mass is 723 g/mol. The minimum atomic E-state index is -0.0360. The molecule has 276 valence electrons. The Balaban J connectivity index is 1.19. The summed E-state index contributed by atoms with van der Waals surface area (Å²) in [4.78, 5) is 13.6. The summed E-state index contributed by atoms with van der Waals surface area (Å²) in [6.45, 7) is 29.2. The summed E-state index contributed by atoms with van der Waals surface area (Å²) < 4.78 is 8.88. The van der Waals surface area contributed by atoms with E-state index >= 15 is 0 Å².